The lowest BCUT2D eigenvalue weighted by Gasteiger charge is -2.11. The first-order chi connectivity index (χ1) is 12.0. The van der Waals surface area contributed by atoms with Gasteiger partial charge in [-0.15, -0.1) is 5.10 Å². The van der Waals surface area contributed by atoms with Crippen molar-refractivity contribution in [2.24, 2.45) is 0 Å². The number of aromatic amines is 1. The maximum Gasteiger partial charge on any atom is 0.344 e. The number of amides is 1. The molecule has 0 radical (unpaired) electrons. The topological polar surface area (TPSA) is 89.0 Å². The third-order valence-corrected chi connectivity index (χ3v) is 5.30. The van der Waals surface area contributed by atoms with Crippen molar-refractivity contribution in [1.82, 2.24) is 14.8 Å². The van der Waals surface area contributed by atoms with Crippen molar-refractivity contribution in [3.63, 3.8) is 0 Å². The number of carbonyl (C=O) groups excluding carboxylic acids is 1. The Kier molecular flexibility index (Phi) is 6.06. The van der Waals surface area contributed by atoms with E-state index >= 15 is 0 Å². The van der Waals surface area contributed by atoms with Gasteiger partial charge in [-0.25, -0.2) is 9.89 Å². The van der Waals surface area contributed by atoms with Crippen LogP contribution >= 0.6 is 35.0 Å². The van der Waals surface area contributed by atoms with E-state index in [2.05, 4.69) is 15.5 Å². The molecule has 2 heterocycles. The zero-order chi connectivity index (χ0) is 17.8. The molecular weight excluding hydrogens is 387 g/mol. The summed E-state index contributed by atoms with van der Waals surface area (Å²) in [5, 5.41) is 10.2. The third-order valence-electron chi connectivity index (χ3n) is 3.69. The number of ether oxygens (including phenoxy) is 1. The predicted molar refractivity (Wildman–Crippen MR) is 97.6 cm³/mol. The van der Waals surface area contributed by atoms with Crippen molar-refractivity contribution >= 4 is 46.6 Å². The molecule has 2 aromatic rings. The molecule has 25 heavy (non-hydrogen) atoms. The maximum absolute atomic E-state index is 12.2. The average Bonchev–Trinajstić information content (AvgIpc) is 3.21. The predicted octanol–water partition coefficient (Wildman–Crippen LogP) is 2.79. The molecule has 7 nitrogen and oxygen atoms in total. The highest BCUT2D eigenvalue weighted by atomic mass is 35.5. The van der Waals surface area contributed by atoms with Gasteiger partial charge in [-0.2, -0.15) is 0 Å². The molecule has 134 valence electrons. The van der Waals surface area contributed by atoms with Crippen molar-refractivity contribution < 1.29 is 9.53 Å². The number of hydrogen-bond donors (Lipinski definition) is 2. The molecule has 1 aliphatic rings. The molecule has 10 heteroatoms. The number of hydrogen-bond acceptors (Lipinski definition) is 5. The van der Waals surface area contributed by atoms with E-state index in [0.29, 0.717) is 34.0 Å². The van der Waals surface area contributed by atoms with Crippen LogP contribution < -0.4 is 11.0 Å². The van der Waals surface area contributed by atoms with E-state index in [9.17, 15) is 9.59 Å². The van der Waals surface area contributed by atoms with Gasteiger partial charge in [0.25, 0.3) is 0 Å². The van der Waals surface area contributed by atoms with E-state index in [1.807, 2.05) is 0 Å². The Labute approximate surface area is 158 Å². The Morgan fingerprint density at radius 3 is 2.88 bits per heavy atom. The highest BCUT2D eigenvalue weighted by molar-refractivity contribution is 7.99. The minimum Gasteiger partial charge on any atom is -0.376 e. The third kappa shape index (κ3) is 4.58. The van der Waals surface area contributed by atoms with Gasteiger partial charge in [0.15, 0.2) is 5.16 Å². The molecule has 0 unspecified atom stereocenters. The van der Waals surface area contributed by atoms with Gasteiger partial charge in [-0.05, 0) is 25.0 Å². The van der Waals surface area contributed by atoms with Crippen molar-refractivity contribution in [3.05, 3.63) is 38.7 Å². The SMILES string of the molecule is O=C(CSc1n[nH]c(=O)n1C[C@@H]1CCCO1)Nc1c(Cl)cccc1Cl. The van der Waals surface area contributed by atoms with Crippen LogP contribution in [0.25, 0.3) is 0 Å². The number of anilines is 1. The van der Waals surface area contributed by atoms with Gasteiger partial charge >= 0.3 is 5.69 Å². The van der Waals surface area contributed by atoms with Crippen LogP contribution in [-0.2, 0) is 16.1 Å². The van der Waals surface area contributed by atoms with Gasteiger partial charge in [0, 0.05) is 6.61 Å². The van der Waals surface area contributed by atoms with Gasteiger partial charge in [0.05, 0.1) is 34.1 Å². The number of nitrogens with one attached hydrogen (secondary N) is 2. The number of thioether (sulfide) groups is 1. The first-order valence-electron chi connectivity index (χ1n) is 7.68. The zero-order valence-electron chi connectivity index (χ0n) is 13.1. The molecule has 1 aromatic heterocycles. The fourth-order valence-corrected chi connectivity index (χ4v) is 3.74. The number of rotatable bonds is 6. The Hall–Kier alpha value is -1.48. The molecule has 1 amide bonds. The second-order valence-electron chi connectivity index (χ2n) is 5.49. The van der Waals surface area contributed by atoms with E-state index in [1.54, 1.807) is 18.2 Å². The second kappa shape index (κ2) is 8.27. The summed E-state index contributed by atoms with van der Waals surface area (Å²) in [6.45, 7) is 1.14. The lowest BCUT2D eigenvalue weighted by molar-refractivity contribution is -0.113. The lowest BCUT2D eigenvalue weighted by Crippen LogP contribution is -2.25. The molecule has 2 N–H and O–H groups in total. The molecule has 0 spiro atoms. The van der Waals surface area contributed by atoms with Gasteiger partial charge < -0.3 is 10.1 Å². The van der Waals surface area contributed by atoms with Gasteiger partial charge in [-0.3, -0.25) is 9.36 Å². The van der Waals surface area contributed by atoms with Crippen molar-refractivity contribution in [1.29, 1.82) is 0 Å². The molecule has 1 fully saturated rings. The number of benzene rings is 1. The van der Waals surface area contributed by atoms with Gasteiger partial charge in [0.2, 0.25) is 5.91 Å². The van der Waals surface area contributed by atoms with Gasteiger partial charge in [-0.1, -0.05) is 41.0 Å². The van der Waals surface area contributed by atoms with Crippen molar-refractivity contribution in [2.45, 2.75) is 30.6 Å². The standard InChI is InChI=1S/C15H16Cl2N4O3S/c16-10-4-1-5-11(17)13(10)18-12(22)8-25-15-20-19-14(23)21(15)7-9-3-2-6-24-9/h1,4-5,9H,2-3,6-8H2,(H,18,22)(H,19,23)/t9-/m0/s1. The quantitative estimate of drug-likeness (QED) is 0.725. The second-order valence-corrected chi connectivity index (χ2v) is 7.25. The molecule has 1 saturated heterocycles. The Balaban J connectivity index is 1.61. The lowest BCUT2D eigenvalue weighted by atomic mass is 10.2. The maximum atomic E-state index is 12.2. The molecule has 3 rings (SSSR count). The first-order valence-corrected chi connectivity index (χ1v) is 9.42. The summed E-state index contributed by atoms with van der Waals surface area (Å²) in [4.78, 5) is 24.0. The molecule has 0 saturated carbocycles. The molecule has 0 bridgehead atoms. The average molecular weight is 403 g/mol. The zero-order valence-corrected chi connectivity index (χ0v) is 15.5. The van der Waals surface area contributed by atoms with Crippen LogP contribution in [0.15, 0.2) is 28.2 Å². The van der Waals surface area contributed by atoms with Crippen LogP contribution in [0.2, 0.25) is 10.0 Å². The monoisotopic (exact) mass is 402 g/mol. The van der Waals surface area contributed by atoms with Crippen molar-refractivity contribution in [3.8, 4) is 0 Å². The Bertz CT molecular complexity index is 797. The van der Waals surface area contributed by atoms with Gasteiger partial charge in [0.1, 0.15) is 0 Å². The van der Waals surface area contributed by atoms with Crippen LogP contribution in [0.5, 0.6) is 0 Å². The minimum absolute atomic E-state index is 0.00501. The minimum atomic E-state index is -0.312. The van der Waals surface area contributed by atoms with E-state index in [0.717, 1.165) is 24.6 Å². The number of para-hydroxylation sites is 1. The first kappa shape index (κ1) is 18.3. The van der Waals surface area contributed by atoms with E-state index < -0.39 is 0 Å². The number of nitrogens with zero attached hydrogens (tertiary/aromatic N) is 2. The summed E-state index contributed by atoms with van der Waals surface area (Å²) >= 11 is 13.2. The number of halogens is 2. The van der Waals surface area contributed by atoms with Crippen molar-refractivity contribution in [2.75, 3.05) is 17.7 Å². The molecule has 1 aliphatic heterocycles. The highest BCUT2D eigenvalue weighted by Gasteiger charge is 2.20. The largest absolute Gasteiger partial charge is 0.376 e. The highest BCUT2D eigenvalue weighted by Crippen LogP contribution is 2.30. The summed E-state index contributed by atoms with van der Waals surface area (Å²) in [6.07, 6.45) is 1.90. The number of H-pyrrole nitrogens is 1. The molecule has 0 aliphatic carbocycles. The molecule has 1 aromatic carbocycles. The fraction of sp³-hybridized carbons (Fsp3) is 0.400. The van der Waals surface area contributed by atoms with E-state index in [4.69, 9.17) is 27.9 Å². The van der Waals surface area contributed by atoms with Crippen LogP contribution in [0, 0.1) is 0 Å². The fourth-order valence-electron chi connectivity index (χ4n) is 2.49. The summed E-state index contributed by atoms with van der Waals surface area (Å²) in [6, 6.07) is 4.98. The van der Waals surface area contributed by atoms with Crippen LogP contribution in [0.3, 0.4) is 0 Å². The normalized spacial score (nSPS) is 17.0. The summed E-state index contributed by atoms with van der Waals surface area (Å²) < 4.78 is 7.04. The summed E-state index contributed by atoms with van der Waals surface area (Å²) in [5.41, 5.74) is 0.0581. The van der Waals surface area contributed by atoms with E-state index in [-0.39, 0.29) is 23.5 Å². The van der Waals surface area contributed by atoms with Crippen LogP contribution in [-0.4, -0.2) is 39.1 Å². The Morgan fingerprint density at radius 1 is 1.44 bits per heavy atom. The Morgan fingerprint density at radius 2 is 2.20 bits per heavy atom. The summed E-state index contributed by atoms with van der Waals surface area (Å²) in [5.74, 6) is -0.226. The summed E-state index contributed by atoms with van der Waals surface area (Å²) in [7, 11) is 0. The molecular formula is C15H16Cl2N4O3S. The van der Waals surface area contributed by atoms with Crippen LogP contribution in [0.4, 0.5) is 5.69 Å². The molecule has 1 atom stereocenters. The van der Waals surface area contributed by atoms with E-state index in [1.165, 1.54) is 4.57 Å². The smallest absolute Gasteiger partial charge is 0.344 e. The number of carbonyl (C=O) groups is 1. The van der Waals surface area contributed by atoms with Crippen LogP contribution in [0.1, 0.15) is 12.8 Å². The number of aromatic nitrogens is 3.